The van der Waals surface area contributed by atoms with Gasteiger partial charge in [-0.15, -0.1) is 0 Å². The average molecular weight is 356 g/mol. The maximum atomic E-state index is 4.48. The van der Waals surface area contributed by atoms with Gasteiger partial charge in [0.05, 0.1) is 36.1 Å². The molecule has 3 aromatic heterocycles. The molecule has 0 spiro atoms. The van der Waals surface area contributed by atoms with Crippen LogP contribution in [0.1, 0.15) is 24.0 Å². The van der Waals surface area contributed by atoms with E-state index in [0.717, 1.165) is 43.3 Å². The van der Waals surface area contributed by atoms with Gasteiger partial charge in [0.2, 0.25) is 0 Å². The van der Waals surface area contributed by atoms with Crippen molar-refractivity contribution in [2.45, 2.75) is 32.6 Å². The van der Waals surface area contributed by atoms with Gasteiger partial charge in [0.25, 0.3) is 0 Å². The van der Waals surface area contributed by atoms with Gasteiger partial charge >= 0.3 is 0 Å². The molecule has 3 heterocycles. The lowest BCUT2D eigenvalue weighted by molar-refractivity contribution is 0.182. The first-order valence-corrected chi connectivity index (χ1v) is 8.85. The first kappa shape index (κ1) is 18.3. The fourth-order valence-corrected chi connectivity index (χ4v) is 2.98. The van der Waals surface area contributed by atoms with Crippen LogP contribution in [-0.4, -0.2) is 46.1 Å². The minimum atomic E-state index is 0.336. The van der Waals surface area contributed by atoms with E-state index >= 15 is 0 Å². The van der Waals surface area contributed by atoms with Crippen molar-refractivity contribution in [3.05, 3.63) is 54.7 Å². The van der Waals surface area contributed by atoms with E-state index in [9.17, 15) is 0 Å². The Hall–Kier alpha value is -2.45. The molecule has 0 saturated carbocycles. The first-order chi connectivity index (χ1) is 12.5. The van der Waals surface area contributed by atoms with Crippen LogP contribution in [0.5, 0.6) is 0 Å². The smallest absolute Gasteiger partial charge is 0.0947 e. The zero-order valence-corrected chi connectivity index (χ0v) is 16.0. The molecular weight excluding hydrogens is 328 g/mol. The Balaban J connectivity index is 1.60. The maximum Gasteiger partial charge on any atom is 0.0947 e. The van der Waals surface area contributed by atoms with Gasteiger partial charge in [-0.1, -0.05) is 0 Å². The van der Waals surface area contributed by atoms with E-state index in [0.29, 0.717) is 6.04 Å². The third-order valence-corrected chi connectivity index (χ3v) is 4.37. The zero-order valence-electron chi connectivity index (χ0n) is 16.0. The number of rotatable bonds is 9. The van der Waals surface area contributed by atoms with Gasteiger partial charge in [0, 0.05) is 72.0 Å². The van der Waals surface area contributed by atoms with E-state index < -0.39 is 0 Å². The Morgan fingerprint density at radius 1 is 0.846 bits per heavy atom. The third-order valence-electron chi connectivity index (χ3n) is 4.37. The molecule has 8 nitrogen and oxygen atoms in total. The predicted octanol–water partition coefficient (Wildman–Crippen LogP) is 1.07. The topological polar surface area (TPSA) is 68.7 Å². The van der Waals surface area contributed by atoms with Crippen LogP contribution < -0.4 is 5.32 Å². The summed E-state index contributed by atoms with van der Waals surface area (Å²) in [6.45, 7) is 5.47. The lowest BCUT2D eigenvalue weighted by Crippen LogP contribution is -2.39. The van der Waals surface area contributed by atoms with Crippen molar-refractivity contribution in [2.75, 3.05) is 6.54 Å². The molecule has 0 amide bonds. The first-order valence-electron chi connectivity index (χ1n) is 8.85. The Morgan fingerprint density at radius 2 is 1.31 bits per heavy atom. The van der Waals surface area contributed by atoms with E-state index in [1.165, 1.54) is 0 Å². The zero-order chi connectivity index (χ0) is 18.5. The van der Waals surface area contributed by atoms with Crippen molar-refractivity contribution in [3.8, 4) is 0 Å². The lowest BCUT2D eigenvalue weighted by atomic mass is 10.2. The van der Waals surface area contributed by atoms with Gasteiger partial charge < -0.3 is 19.0 Å². The minimum absolute atomic E-state index is 0.336. The van der Waals surface area contributed by atoms with Gasteiger partial charge in [-0.2, -0.15) is 0 Å². The van der Waals surface area contributed by atoms with Gasteiger partial charge in [0.1, 0.15) is 0 Å². The van der Waals surface area contributed by atoms with Crippen molar-refractivity contribution >= 4 is 0 Å². The molecule has 1 unspecified atom stereocenters. The van der Waals surface area contributed by atoms with E-state index in [1.54, 1.807) is 0 Å². The molecule has 0 saturated heterocycles. The molecule has 1 N–H and O–H groups in total. The highest BCUT2D eigenvalue weighted by Crippen LogP contribution is 2.11. The van der Waals surface area contributed by atoms with Gasteiger partial charge in [-0.25, -0.2) is 15.0 Å². The maximum absolute atomic E-state index is 4.48. The fourth-order valence-electron chi connectivity index (χ4n) is 2.98. The summed E-state index contributed by atoms with van der Waals surface area (Å²) in [4.78, 5) is 15.7. The summed E-state index contributed by atoms with van der Waals surface area (Å²) in [6, 6.07) is 0.336. The Bertz CT molecular complexity index is 772. The SMILES string of the molecule is CC(CNCc1cn(C)cn1)N(Cc1cn(C)cn1)Cc1cn(C)cn1. The standard InChI is InChI=1S/C18H28N8/c1-15(5-19-6-16-7-23(2)12-20-16)26(10-17-8-24(3)13-21-17)11-18-9-25(4)14-22-18/h7-9,12-15,19H,5-6,10-11H2,1-4H3. The second-order valence-electron chi connectivity index (χ2n) is 6.98. The number of nitrogens with zero attached hydrogens (tertiary/aromatic N) is 7. The molecule has 8 heteroatoms. The van der Waals surface area contributed by atoms with Crippen LogP contribution in [0.25, 0.3) is 0 Å². The number of aromatic nitrogens is 6. The Labute approximate surface area is 154 Å². The molecule has 0 aromatic carbocycles. The summed E-state index contributed by atoms with van der Waals surface area (Å²) in [5, 5.41) is 3.51. The molecule has 0 aliphatic rings. The second kappa shape index (κ2) is 8.29. The van der Waals surface area contributed by atoms with Crippen LogP contribution in [-0.2, 0) is 40.8 Å². The summed E-state index contributed by atoms with van der Waals surface area (Å²) in [6.07, 6.45) is 11.7. The van der Waals surface area contributed by atoms with E-state index in [2.05, 4.69) is 44.5 Å². The quantitative estimate of drug-likeness (QED) is 0.621. The number of hydrogen-bond donors (Lipinski definition) is 1. The second-order valence-corrected chi connectivity index (χ2v) is 6.98. The fraction of sp³-hybridized carbons (Fsp3) is 0.500. The molecule has 0 aliphatic carbocycles. The molecule has 0 radical (unpaired) electrons. The van der Waals surface area contributed by atoms with Gasteiger partial charge in [-0.3, -0.25) is 4.90 Å². The highest BCUT2D eigenvalue weighted by molar-refractivity contribution is 5.01. The van der Waals surface area contributed by atoms with Crippen molar-refractivity contribution in [1.29, 1.82) is 0 Å². The molecule has 1 atom stereocenters. The minimum Gasteiger partial charge on any atom is -0.340 e. The predicted molar refractivity (Wildman–Crippen MR) is 100 cm³/mol. The summed E-state index contributed by atoms with van der Waals surface area (Å²) >= 11 is 0. The molecule has 0 fully saturated rings. The molecule has 0 bridgehead atoms. The van der Waals surface area contributed by atoms with Crippen LogP contribution in [0.3, 0.4) is 0 Å². The summed E-state index contributed by atoms with van der Waals surface area (Å²) in [7, 11) is 5.98. The Morgan fingerprint density at radius 3 is 1.73 bits per heavy atom. The van der Waals surface area contributed by atoms with Crippen LogP contribution in [0, 0.1) is 0 Å². The van der Waals surface area contributed by atoms with Crippen molar-refractivity contribution in [2.24, 2.45) is 21.1 Å². The summed E-state index contributed by atoms with van der Waals surface area (Å²) < 4.78 is 5.94. The van der Waals surface area contributed by atoms with Gasteiger partial charge in [-0.05, 0) is 6.92 Å². The van der Waals surface area contributed by atoms with Crippen molar-refractivity contribution in [3.63, 3.8) is 0 Å². The number of imidazole rings is 3. The van der Waals surface area contributed by atoms with Crippen molar-refractivity contribution in [1.82, 2.24) is 38.9 Å². The van der Waals surface area contributed by atoms with Gasteiger partial charge in [0.15, 0.2) is 0 Å². The normalized spacial score (nSPS) is 12.8. The van der Waals surface area contributed by atoms with Crippen molar-refractivity contribution < 1.29 is 0 Å². The third kappa shape index (κ3) is 5.03. The van der Waals surface area contributed by atoms with E-state index in [4.69, 9.17) is 0 Å². The molecule has 3 aromatic rings. The molecule has 26 heavy (non-hydrogen) atoms. The molecule has 3 rings (SSSR count). The summed E-state index contributed by atoms with van der Waals surface area (Å²) in [5.74, 6) is 0. The number of nitrogens with one attached hydrogen (secondary N) is 1. The van der Waals surface area contributed by atoms with E-state index in [1.807, 2.05) is 60.0 Å². The number of hydrogen-bond acceptors (Lipinski definition) is 5. The molecule has 140 valence electrons. The highest BCUT2D eigenvalue weighted by atomic mass is 15.2. The lowest BCUT2D eigenvalue weighted by Gasteiger charge is -2.28. The van der Waals surface area contributed by atoms with E-state index in [-0.39, 0.29) is 0 Å². The largest absolute Gasteiger partial charge is 0.340 e. The van der Waals surface area contributed by atoms with Crippen LogP contribution >= 0.6 is 0 Å². The van der Waals surface area contributed by atoms with Crippen LogP contribution in [0.2, 0.25) is 0 Å². The number of aryl methyl sites for hydroxylation is 3. The summed E-state index contributed by atoms with van der Waals surface area (Å²) in [5.41, 5.74) is 3.20. The molecule has 0 aliphatic heterocycles. The molecular formula is C18H28N8. The highest BCUT2D eigenvalue weighted by Gasteiger charge is 2.17. The van der Waals surface area contributed by atoms with Crippen LogP contribution in [0.15, 0.2) is 37.6 Å². The average Bonchev–Trinajstić information content (AvgIpc) is 3.30. The van der Waals surface area contributed by atoms with Crippen LogP contribution in [0.4, 0.5) is 0 Å². The monoisotopic (exact) mass is 356 g/mol. The Kier molecular flexibility index (Phi) is 5.85.